The van der Waals surface area contributed by atoms with Crippen LogP contribution >= 0.6 is 0 Å². The molecule has 7 nitrogen and oxygen atoms in total. The standard InChI is InChI=1S/C14H20N6O/c1-18(14(21)16-12-5-7-19(2)17-12)9-11-3-4-13-15-6-8-20(13)10-11/h5-8,11H,3-4,9-10H2,1-2H3,(H,16,17,21)/t11-/m0/s1. The topological polar surface area (TPSA) is 68.0 Å². The number of aryl methyl sites for hydroxylation is 2. The predicted octanol–water partition coefficient (Wildman–Crippen LogP) is 1.34. The van der Waals surface area contributed by atoms with Crippen molar-refractivity contribution in [3.63, 3.8) is 0 Å². The fraction of sp³-hybridized carbons (Fsp3) is 0.500. The summed E-state index contributed by atoms with van der Waals surface area (Å²) in [6.45, 7) is 1.66. The number of imidazole rings is 1. The molecule has 112 valence electrons. The minimum Gasteiger partial charge on any atom is -0.335 e. The number of aromatic nitrogens is 4. The fourth-order valence-electron chi connectivity index (χ4n) is 2.74. The number of carbonyl (C=O) groups is 1. The lowest BCUT2D eigenvalue weighted by atomic mass is 9.99. The summed E-state index contributed by atoms with van der Waals surface area (Å²) >= 11 is 0. The summed E-state index contributed by atoms with van der Waals surface area (Å²) < 4.78 is 3.84. The van der Waals surface area contributed by atoms with Gasteiger partial charge < -0.3 is 9.47 Å². The summed E-state index contributed by atoms with van der Waals surface area (Å²) in [5.74, 6) is 2.19. The van der Waals surface area contributed by atoms with Gasteiger partial charge in [-0.15, -0.1) is 0 Å². The molecule has 0 spiro atoms. The lowest BCUT2D eigenvalue weighted by Crippen LogP contribution is -2.37. The van der Waals surface area contributed by atoms with Crippen LogP contribution in [0.3, 0.4) is 0 Å². The molecule has 0 saturated carbocycles. The largest absolute Gasteiger partial charge is 0.335 e. The Balaban J connectivity index is 1.54. The highest BCUT2D eigenvalue weighted by atomic mass is 16.2. The van der Waals surface area contributed by atoms with Crippen LogP contribution in [0.1, 0.15) is 12.2 Å². The van der Waals surface area contributed by atoms with Crippen molar-refractivity contribution in [2.24, 2.45) is 13.0 Å². The predicted molar refractivity (Wildman–Crippen MR) is 78.9 cm³/mol. The molecule has 0 bridgehead atoms. The second kappa shape index (κ2) is 5.59. The van der Waals surface area contributed by atoms with Gasteiger partial charge in [-0.25, -0.2) is 9.78 Å². The molecule has 0 aromatic carbocycles. The number of anilines is 1. The highest BCUT2D eigenvalue weighted by molar-refractivity contribution is 5.87. The Morgan fingerprint density at radius 1 is 1.52 bits per heavy atom. The van der Waals surface area contributed by atoms with Gasteiger partial charge in [0.2, 0.25) is 0 Å². The van der Waals surface area contributed by atoms with Crippen molar-refractivity contribution in [2.45, 2.75) is 19.4 Å². The molecule has 2 aromatic heterocycles. The molecule has 7 heteroatoms. The van der Waals surface area contributed by atoms with Gasteiger partial charge in [-0.05, 0) is 12.3 Å². The molecule has 2 amide bonds. The summed E-state index contributed by atoms with van der Waals surface area (Å²) in [6, 6.07) is 1.66. The number of hydrogen-bond acceptors (Lipinski definition) is 3. The van der Waals surface area contributed by atoms with Crippen LogP contribution in [0.4, 0.5) is 10.6 Å². The Morgan fingerprint density at radius 2 is 2.38 bits per heavy atom. The number of urea groups is 1. The van der Waals surface area contributed by atoms with Crippen molar-refractivity contribution < 1.29 is 4.79 Å². The molecule has 3 heterocycles. The molecule has 0 radical (unpaired) electrons. The van der Waals surface area contributed by atoms with E-state index < -0.39 is 0 Å². The second-order valence-corrected chi connectivity index (χ2v) is 5.59. The number of carbonyl (C=O) groups excluding carboxylic acids is 1. The summed E-state index contributed by atoms with van der Waals surface area (Å²) in [5.41, 5.74) is 0. The number of amides is 2. The number of hydrogen-bond donors (Lipinski definition) is 1. The first kappa shape index (κ1) is 13.7. The number of rotatable bonds is 3. The zero-order chi connectivity index (χ0) is 14.8. The Morgan fingerprint density at radius 3 is 3.14 bits per heavy atom. The summed E-state index contributed by atoms with van der Waals surface area (Å²) in [6.07, 6.45) is 7.70. The normalized spacial score (nSPS) is 17.3. The molecule has 1 aliphatic heterocycles. The zero-order valence-electron chi connectivity index (χ0n) is 12.4. The first-order valence-corrected chi connectivity index (χ1v) is 7.13. The first-order chi connectivity index (χ1) is 10.1. The molecule has 2 aromatic rings. The molecule has 0 aliphatic carbocycles. The Hall–Kier alpha value is -2.31. The monoisotopic (exact) mass is 288 g/mol. The third-order valence-corrected chi connectivity index (χ3v) is 3.86. The third-order valence-electron chi connectivity index (χ3n) is 3.86. The molecule has 0 unspecified atom stereocenters. The van der Waals surface area contributed by atoms with Crippen molar-refractivity contribution in [3.05, 3.63) is 30.5 Å². The Bertz CT molecular complexity index is 631. The number of fused-ring (bicyclic) bond motifs is 1. The van der Waals surface area contributed by atoms with Crippen molar-refractivity contribution in [1.82, 2.24) is 24.2 Å². The van der Waals surface area contributed by atoms with E-state index in [1.54, 1.807) is 21.8 Å². The number of nitrogens with one attached hydrogen (secondary N) is 1. The van der Waals surface area contributed by atoms with Gasteiger partial charge >= 0.3 is 6.03 Å². The van der Waals surface area contributed by atoms with E-state index in [4.69, 9.17) is 0 Å². The van der Waals surface area contributed by atoms with Crippen molar-refractivity contribution in [2.75, 3.05) is 18.9 Å². The van der Waals surface area contributed by atoms with Crippen molar-refractivity contribution in [1.29, 1.82) is 0 Å². The lowest BCUT2D eigenvalue weighted by molar-refractivity contribution is 0.205. The lowest BCUT2D eigenvalue weighted by Gasteiger charge is -2.28. The number of nitrogens with zero attached hydrogens (tertiary/aromatic N) is 5. The van der Waals surface area contributed by atoms with Gasteiger partial charge in [0.15, 0.2) is 5.82 Å². The molecule has 21 heavy (non-hydrogen) atoms. The molecule has 0 saturated heterocycles. The fourth-order valence-corrected chi connectivity index (χ4v) is 2.74. The quantitative estimate of drug-likeness (QED) is 0.927. The summed E-state index contributed by atoms with van der Waals surface area (Å²) in [4.78, 5) is 18.2. The smallest absolute Gasteiger partial charge is 0.322 e. The summed E-state index contributed by atoms with van der Waals surface area (Å²) in [7, 11) is 3.64. The Kier molecular flexibility index (Phi) is 3.64. The maximum atomic E-state index is 12.1. The van der Waals surface area contributed by atoms with E-state index in [1.807, 2.05) is 26.5 Å². The average molecular weight is 288 g/mol. The third kappa shape index (κ3) is 3.07. The van der Waals surface area contributed by atoms with Gasteiger partial charge in [0.25, 0.3) is 0 Å². The molecule has 1 N–H and O–H groups in total. The van der Waals surface area contributed by atoms with E-state index in [0.29, 0.717) is 11.7 Å². The molecular formula is C14H20N6O. The van der Waals surface area contributed by atoms with Crippen LogP contribution in [-0.4, -0.2) is 43.9 Å². The van der Waals surface area contributed by atoms with Crippen LogP contribution in [0.25, 0.3) is 0 Å². The van der Waals surface area contributed by atoms with E-state index in [2.05, 4.69) is 20.0 Å². The van der Waals surface area contributed by atoms with Gasteiger partial charge in [0.05, 0.1) is 0 Å². The maximum absolute atomic E-state index is 12.1. The maximum Gasteiger partial charge on any atom is 0.322 e. The van der Waals surface area contributed by atoms with Gasteiger partial charge in [0, 0.05) is 58.3 Å². The second-order valence-electron chi connectivity index (χ2n) is 5.59. The van der Waals surface area contributed by atoms with Gasteiger partial charge in [0.1, 0.15) is 5.82 Å². The van der Waals surface area contributed by atoms with Crippen LogP contribution in [-0.2, 0) is 20.0 Å². The van der Waals surface area contributed by atoms with E-state index in [9.17, 15) is 4.79 Å². The van der Waals surface area contributed by atoms with Crippen LogP contribution in [0.2, 0.25) is 0 Å². The summed E-state index contributed by atoms with van der Waals surface area (Å²) in [5, 5.41) is 6.95. The molecule has 1 aliphatic rings. The average Bonchev–Trinajstić information content (AvgIpc) is 3.07. The van der Waals surface area contributed by atoms with Crippen LogP contribution < -0.4 is 5.32 Å². The van der Waals surface area contributed by atoms with Crippen molar-refractivity contribution >= 4 is 11.8 Å². The van der Waals surface area contributed by atoms with Crippen LogP contribution in [0.15, 0.2) is 24.7 Å². The molecule has 0 fully saturated rings. The molecule has 3 rings (SSSR count). The van der Waals surface area contributed by atoms with E-state index in [1.165, 1.54) is 0 Å². The van der Waals surface area contributed by atoms with E-state index in [0.717, 1.165) is 31.8 Å². The van der Waals surface area contributed by atoms with Gasteiger partial charge in [-0.2, -0.15) is 5.10 Å². The minimum atomic E-state index is -0.120. The van der Waals surface area contributed by atoms with E-state index >= 15 is 0 Å². The highest BCUT2D eigenvalue weighted by Crippen LogP contribution is 2.19. The molecule has 1 atom stereocenters. The van der Waals surface area contributed by atoms with E-state index in [-0.39, 0.29) is 6.03 Å². The first-order valence-electron chi connectivity index (χ1n) is 7.13. The SMILES string of the molecule is CN(C[C@@H]1CCc2nccn2C1)C(=O)Nc1ccn(C)n1. The zero-order valence-corrected chi connectivity index (χ0v) is 12.4. The van der Waals surface area contributed by atoms with Gasteiger partial charge in [-0.1, -0.05) is 0 Å². The Labute approximate surface area is 123 Å². The van der Waals surface area contributed by atoms with Crippen LogP contribution in [0.5, 0.6) is 0 Å². The molecular weight excluding hydrogens is 268 g/mol. The van der Waals surface area contributed by atoms with Crippen LogP contribution in [0, 0.1) is 5.92 Å². The van der Waals surface area contributed by atoms with Crippen molar-refractivity contribution in [3.8, 4) is 0 Å². The minimum absolute atomic E-state index is 0.120. The van der Waals surface area contributed by atoms with Gasteiger partial charge in [-0.3, -0.25) is 10.00 Å². The highest BCUT2D eigenvalue weighted by Gasteiger charge is 2.22.